The Balaban J connectivity index is 1.56. The molecule has 2 rings (SSSR count). The van der Waals surface area contributed by atoms with Crippen LogP contribution in [0.15, 0.2) is 35.3 Å². The molecule has 1 heterocycles. The Morgan fingerprint density at radius 2 is 1.81 bits per heavy atom. The number of benzene rings is 1. The number of ether oxygens (including phenoxy) is 2. The minimum absolute atomic E-state index is 0.226. The van der Waals surface area contributed by atoms with Crippen LogP contribution in [0.2, 0.25) is 0 Å². The lowest BCUT2D eigenvalue weighted by atomic mass is 10.2. The summed E-state index contributed by atoms with van der Waals surface area (Å²) in [6.07, 6.45) is 1.81. The van der Waals surface area contributed by atoms with Crippen LogP contribution in [0.5, 0.6) is 0 Å². The number of rotatable bonds is 8. The van der Waals surface area contributed by atoms with E-state index >= 15 is 0 Å². The van der Waals surface area contributed by atoms with Crippen LogP contribution in [0, 0.1) is 0 Å². The summed E-state index contributed by atoms with van der Waals surface area (Å²) in [5, 5.41) is 3.40. The minimum Gasteiger partial charge on any atom is -0.450 e. The van der Waals surface area contributed by atoms with Crippen LogP contribution in [-0.4, -0.2) is 74.8 Å². The molecule has 7 nitrogen and oxygen atoms in total. The Bertz CT molecular complexity index is 572. The molecule has 1 saturated heterocycles. The molecule has 27 heavy (non-hydrogen) atoms. The zero-order chi connectivity index (χ0) is 19.3. The lowest BCUT2D eigenvalue weighted by Gasteiger charge is -2.35. The highest BCUT2D eigenvalue weighted by molar-refractivity contribution is 5.80. The van der Waals surface area contributed by atoms with Gasteiger partial charge in [-0.2, -0.15) is 0 Å². The third-order valence-electron chi connectivity index (χ3n) is 4.43. The van der Waals surface area contributed by atoms with E-state index in [1.54, 1.807) is 11.9 Å². The molecule has 1 N–H and O–H groups in total. The molecule has 0 bridgehead atoms. The van der Waals surface area contributed by atoms with Crippen LogP contribution in [0.25, 0.3) is 0 Å². The number of amides is 1. The Morgan fingerprint density at radius 1 is 1.11 bits per heavy atom. The molecule has 1 aromatic rings. The standard InChI is InChI=1S/C20H32N4O3/c1-3-27-20(25)24-14-12-23(13-15-24)19(21-2)22-11-7-8-16-26-17-18-9-5-4-6-10-18/h4-6,9-10H,3,7-8,11-17H2,1-2H3,(H,21,22). The van der Waals surface area contributed by atoms with E-state index < -0.39 is 0 Å². The third kappa shape index (κ3) is 7.46. The minimum atomic E-state index is -0.226. The number of piperazine rings is 1. The van der Waals surface area contributed by atoms with Gasteiger partial charge in [0.05, 0.1) is 13.2 Å². The molecular formula is C20H32N4O3. The molecule has 0 radical (unpaired) electrons. The third-order valence-corrected chi connectivity index (χ3v) is 4.43. The SMILES string of the molecule is CCOC(=O)N1CCN(C(=NC)NCCCCOCc2ccccc2)CC1. The normalized spacial score (nSPS) is 15.0. The molecule has 7 heteroatoms. The lowest BCUT2D eigenvalue weighted by Crippen LogP contribution is -2.54. The fourth-order valence-electron chi connectivity index (χ4n) is 2.94. The number of unbranched alkanes of at least 4 members (excludes halogenated alkanes) is 1. The largest absolute Gasteiger partial charge is 0.450 e. The number of hydrogen-bond acceptors (Lipinski definition) is 4. The number of nitrogens with one attached hydrogen (secondary N) is 1. The Kier molecular flexibility index (Phi) is 9.48. The number of guanidine groups is 1. The Morgan fingerprint density at radius 3 is 2.48 bits per heavy atom. The van der Waals surface area contributed by atoms with Gasteiger partial charge in [0.15, 0.2) is 5.96 Å². The lowest BCUT2D eigenvalue weighted by molar-refractivity contribution is 0.0914. The molecule has 0 aliphatic carbocycles. The van der Waals surface area contributed by atoms with E-state index in [1.807, 2.05) is 25.1 Å². The molecule has 1 amide bonds. The summed E-state index contributed by atoms with van der Waals surface area (Å²) in [6.45, 7) is 7.37. The van der Waals surface area contributed by atoms with Crippen molar-refractivity contribution in [3.63, 3.8) is 0 Å². The average Bonchev–Trinajstić information content (AvgIpc) is 2.71. The van der Waals surface area contributed by atoms with Crippen molar-refractivity contribution in [2.45, 2.75) is 26.4 Å². The summed E-state index contributed by atoms with van der Waals surface area (Å²) in [6, 6.07) is 10.2. The second-order valence-electron chi connectivity index (χ2n) is 6.39. The predicted octanol–water partition coefficient (Wildman–Crippen LogP) is 2.33. The Labute approximate surface area is 162 Å². The number of hydrogen-bond donors (Lipinski definition) is 1. The van der Waals surface area contributed by atoms with Crippen molar-refractivity contribution >= 4 is 12.1 Å². The molecular weight excluding hydrogens is 344 g/mol. The average molecular weight is 377 g/mol. The van der Waals surface area contributed by atoms with Gasteiger partial charge < -0.3 is 24.6 Å². The van der Waals surface area contributed by atoms with E-state index in [0.29, 0.717) is 26.3 Å². The second kappa shape index (κ2) is 12.2. The molecule has 1 aromatic carbocycles. The van der Waals surface area contributed by atoms with Crippen molar-refractivity contribution in [3.05, 3.63) is 35.9 Å². The van der Waals surface area contributed by atoms with Crippen molar-refractivity contribution in [2.24, 2.45) is 4.99 Å². The van der Waals surface area contributed by atoms with Crippen LogP contribution in [-0.2, 0) is 16.1 Å². The van der Waals surface area contributed by atoms with Gasteiger partial charge in [-0.15, -0.1) is 0 Å². The zero-order valence-electron chi connectivity index (χ0n) is 16.5. The fourth-order valence-corrected chi connectivity index (χ4v) is 2.94. The summed E-state index contributed by atoms with van der Waals surface area (Å²) in [4.78, 5) is 20.0. The summed E-state index contributed by atoms with van der Waals surface area (Å²) in [5.74, 6) is 0.892. The monoisotopic (exact) mass is 376 g/mol. The van der Waals surface area contributed by atoms with Crippen molar-refractivity contribution in [2.75, 3.05) is 53.0 Å². The van der Waals surface area contributed by atoms with Gasteiger partial charge >= 0.3 is 6.09 Å². The maximum atomic E-state index is 11.8. The van der Waals surface area contributed by atoms with E-state index in [4.69, 9.17) is 9.47 Å². The second-order valence-corrected chi connectivity index (χ2v) is 6.39. The van der Waals surface area contributed by atoms with Gasteiger partial charge in [0.2, 0.25) is 0 Å². The van der Waals surface area contributed by atoms with Crippen LogP contribution in [0.3, 0.4) is 0 Å². The molecule has 1 fully saturated rings. The fraction of sp³-hybridized carbons (Fsp3) is 0.600. The summed E-state index contributed by atoms with van der Waals surface area (Å²) in [5.41, 5.74) is 1.21. The van der Waals surface area contributed by atoms with Crippen molar-refractivity contribution in [1.82, 2.24) is 15.1 Å². The smallest absolute Gasteiger partial charge is 0.409 e. The number of carbonyl (C=O) groups is 1. The first-order chi connectivity index (χ1) is 13.2. The predicted molar refractivity (Wildman–Crippen MR) is 107 cm³/mol. The number of aliphatic imine (C=N–C) groups is 1. The number of nitrogens with zero attached hydrogens (tertiary/aromatic N) is 3. The van der Waals surface area contributed by atoms with Crippen molar-refractivity contribution in [1.29, 1.82) is 0 Å². The van der Waals surface area contributed by atoms with Crippen LogP contribution < -0.4 is 5.32 Å². The van der Waals surface area contributed by atoms with E-state index in [9.17, 15) is 4.79 Å². The van der Waals surface area contributed by atoms with E-state index in [-0.39, 0.29) is 6.09 Å². The van der Waals surface area contributed by atoms with E-state index in [0.717, 1.165) is 45.0 Å². The summed E-state index contributed by atoms with van der Waals surface area (Å²) >= 11 is 0. The van der Waals surface area contributed by atoms with Gasteiger partial charge in [-0.25, -0.2) is 4.79 Å². The maximum absolute atomic E-state index is 11.8. The highest BCUT2D eigenvalue weighted by Crippen LogP contribution is 2.05. The molecule has 0 aromatic heterocycles. The van der Waals surface area contributed by atoms with Gasteiger partial charge in [-0.05, 0) is 25.3 Å². The summed E-state index contributed by atoms with van der Waals surface area (Å²) in [7, 11) is 1.79. The first-order valence-corrected chi connectivity index (χ1v) is 9.73. The van der Waals surface area contributed by atoms with E-state index in [1.165, 1.54) is 5.56 Å². The molecule has 0 spiro atoms. The molecule has 0 atom stereocenters. The van der Waals surface area contributed by atoms with E-state index in [2.05, 4.69) is 27.3 Å². The quantitative estimate of drug-likeness (QED) is 0.429. The molecule has 150 valence electrons. The zero-order valence-corrected chi connectivity index (χ0v) is 16.5. The topological polar surface area (TPSA) is 66.4 Å². The summed E-state index contributed by atoms with van der Waals surface area (Å²) < 4.78 is 10.8. The Hall–Kier alpha value is -2.28. The number of carbonyl (C=O) groups excluding carboxylic acids is 1. The first kappa shape index (κ1) is 21.0. The molecule has 0 unspecified atom stereocenters. The molecule has 1 aliphatic heterocycles. The first-order valence-electron chi connectivity index (χ1n) is 9.73. The van der Waals surface area contributed by atoms with Gasteiger partial charge in [0.1, 0.15) is 0 Å². The van der Waals surface area contributed by atoms with Crippen molar-refractivity contribution in [3.8, 4) is 0 Å². The highest BCUT2D eigenvalue weighted by atomic mass is 16.6. The van der Waals surface area contributed by atoms with Crippen molar-refractivity contribution < 1.29 is 14.3 Å². The van der Waals surface area contributed by atoms with Crippen LogP contribution in [0.1, 0.15) is 25.3 Å². The van der Waals surface area contributed by atoms with Gasteiger partial charge in [-0.3, -0.25) is 4.99 Å². The molecule has 0 saturated carbocycles. The molecule has 1 aliphatic rings. The van der Waals surface area contributed by atoms with Gasteiger partial charge in [-0.1, -0.05) is 30.3 Å². The maximum Gasteiger partial charge on any atom is 0.409 e. The van der Waals surface area contributed by atoms with Crippen LogP contribution >= 0.6 is 0 Å². The van der Waals surface area contributed by atoms with Gasteiger partial charge in [0.25, 0.3) is 0 Å². The van der Waals surface area contributed by atoms with Crippen LogP contribution in [0.4, 0.5) is 4.79 Å². The highest BCUT2D eigenvalue weighted by Gasteiger charge is 2.23. The van der Waals surface area contributed by atoms with Gasteiger partial charge in [0, 0.05) is 46.4 Å².